The van der Waals surface area contributed by atoms with Gasteiger partial charge in [0, 0.05) is 16.6 Å². The molecule has 8 heteroatoms. The zero-order valence-corrected chi connectivity index (χ0v) is 16.7. The zero-order valence-electron chi connectivity index (χ0n) is 15.1. The van der Waals surface area contributed by atoms with Crippen LogP contribution in [0.2, 0.25) is 5.02 Å². The number of thioether (sulfide) groups is 1. The lowest BCUT2D eigenvalue weighted by molar-refractivity contribution is -0.115. The maximum Gasteiger partial charge on any atom is 0.237 e. The highest BCUT2D eigenvalue weighted by atomic mass is 35.5. The molecule has 1 N–H and O–H groups in total. The van der Waals surface area contributed by atoms with Gasteiger partial charge in [0.15, 0.2) is 5.16 Å². The van der Waals surface area contributed by atoms with Crippen molar-refractivity contribution < 1.29 is 9.18 Å². The Hall–Kier alpha value is -2.38. The van der Waals surface area contributed by atoms with E-state index < -0.39 is 11.1 Å². The lowest BCUT2D eigenvalue weighted by atomic mass is 10.3. The van der Waals surface area contributed by atoms with E-state index in [1.54, 1.807) is 6.92 Å². The molecule has 1 aliphatic rings. The summed E-state index contributed by atoms with van der Waals surface area (Å²) < 4.78 is 16.0. The SMILES string of the molecule is C[C@H](Sc1nnc(C2CC2)n1-c1ccccc1)C(=O)Nc1ccc(Cl)cc1F. The van der Waals surface area contributed by atoms with E-state index in [9.17, 15) is 9.18 Å². The Balaban J connectivity index is 1.54. The van der Waals surface area contributed by atoms with Gasteiger partial charge in [-0.1, -0.05) is 41.6 Å². The average molecular weight is 417 g/mol. The number of carbonyl (C=O) groups excluding carboxylic acids is 1. The van der Waals surface area contributed by atoms with Gasteiger partial charge in [-0.3, -0.25) is 9.36 Å². The fourth-order valence-electron chi connectivity index (χ4n) is 2.82. The van der Waals surface area contributed by atoms with Gasteiger partial charge in [0.25, 0.3) is 0 Å². The van der Waals surface area contributed by atoms with Crippen LogP contribution < -0.4 is 5.32 Å². The Labute approximate surface area is 171 Å². The largest absolute Gasteiger partial charge is 0.323 e. The minimum Gasteiger partial charge on any atom is -0.323 e. The Morgan fingerprint density at radius 3 is 2.68 bits per heavy atom. The standard InChI is InChI=1S/C20H18ClFN4OS/c1-12(19(27)23-17-10-9-14(21)11-16(17)22)28-20-25-24-18(13-7-8-13)26(20)15-5-3-2-4-6-15/h2-6,9-13H,7-8H2,1H3,(H,23,27)/t12-/m0/s1. The summed E-state index contributed by atoms with van der Waals surface area (Å²) in [5.74, 6) is 0.447. The van der Waals surface area contributed by atoms with E-state index in [1.807, 2.05) is 34.9 Å². The molecule has 1 aliphatic carbocycles. The van der Waals surface area contributed by atoms with Crippen molar-refractivity contribution in [2.24, 2.45) is 0 Å². The van der Waals surface area contributed by atoms with E-state index in [0.717, 1.165) is 24.4 Å². The first kappa shape index (κ1) is 19.0. The molecule has 1 atom stereocenters. The van der Waals surface area contributed by atoms with Crippen LogP contribution in [0.5, 0.6) is 0 Å². The van der Waals surface area contributed by atoms with Crippen LogP contribution in [0.3, 0.4) is 0 Å². The normalized spacial score (nSPS) is 14.7. The second-order valence-corrected chi connectivity index (χ2v) is 8.40. The van der Waals surface area contributed by atoms with E-state index in [-0.39, 0.29) is 16.6 Å². The number of para-hydroxylation sites is 1. The Kier molecular flexibility index (Phi) is 5.37. The van der Waals surface area contributed by atoms with Crippen molar-refractivity contribution in [1.82, 2.24) is 14.8 Å². The van der Waals surface area contributed by atoms with Crippen LogP contribution in [-0.4, -0.2) is 25.9 Å². The van der Waals surface area contributed by atoms with Crippen LogP contribution in [0.15, 0.2) is 53.7 Å². The number of benzene rings is 2. The summed E-state index contributed by atoms with van der Waals surface area (Å²) >= 11 is 7.05. The molecule has 1 fully saturated rings. The first-order valence-electron chi connectivity index (χ1n) is 8.96. The summed E-state index contributed by atoms with van der Waals surface area (Å²) in [6.07, 6.45) is 2.20. The smallest absolute Gasteiger partial charge is 0.237 e. The maximum atomic E-state index is 14.0. The number of nitrogens with zero attached hydrogens (tertiary/aromatic N) is 3. The predicted molar refractivity (Wildman–Crippen MR) is 109 cm³/mol. The number of aromatic nitrogens is 3. The Bertz CT molecular complexity index is 1010. The fourth-order valence-corrected chi connectivity index (χ4v) is 3.85. The zero-order chi connectivity index (χ0) is 19.7. The number of rotatable bonds is 6. The molecule has 0 radical (unpaired) electrons. The molecule has 28 heavy (non-hydrogen) atoms. The molecule has 0 unspecified atom stereocenters. The molecule has 2 aromatic carbocycles. The molecule has 1 heterocycles. The lowest BCUT2D eigenvalue weighted by Gasteiger charge is -2.14. The molecule has 1 aromatic heterocycles. The van der Waals surface area contributed by atoms with Gasteiger partial charge >= 0.3 is 0 Å². The van der Waals surface area contributed by atoms with Gasteiger partial charge in [-0.25, -0.2) is 4.39 Å². The Morgan fingerprint density at radius 2 is 2.00 bits per heavy atom. The minimum atomic E-state index is -0.568. The molecule has 1 saturated carbocycles. The van der Waals surface area contributed by atoms with Gasteiger partial charge in [0.05, 0.1) is 10.9 Å². The highest BCUT2D eigenvalue weighted by molar-refractivity contribution is 8.00. The second kappa shape index (κ2) is 7.93. The monoisotopic (exact) mass is 416 g/mol. The molecular formula is C20H18ClFN4OS. The van der Waals surface area contributed by atoms with Gasteiger partial charge in [0.1, 0.15) is 11.6 Å². The number of hydrogen-bond donors (Lipinski definition) is 1. The third kappa shape index (κ3) is 4.05. The van der Waals surface area contributed by atoms with Crippen molar-refractivity contribution in [3.63, 3.8) is 0 Å². The molecule has 0 aliphatic heterocycles. The summed E-state index contributed by atoms with van der Waals surface area (Å²) in [6, 6.07) is 14.0. The fraction of sp³-hybridized carbons (Fsp3) is 0.250. The topological polar surface area (TPSA) is 59.8 Å². The van der Waals surface area contributed by atoms with E-state index in [0.29, 0.717) is 11.1 Å². The third-order valence-electron chi connectivity index (χ3n) is 4.46. The molecule has 3 aromatic rings. The number of carbonyl (C=O) groups is 1. The van der Waals surface area contributed by atoms with E-state index in [1.165, 1.54) is 30.0 Å². The van der Waals surface area contributed by atoms with E-state index >= 15 is 0 Å². The number of hydrogen-bond acceptors (Lipinski definition) is 4. The van der Waals surface area contributed by atoms with E-state index in [4.69, 9.17) is 11.6 Å². The predicted octanol–water partition coefficient (Wildman–Crippen LogP) is 5.06. The second-order valence-electron chi connectivity index (χ2n) is 6.66. The highest BCUT2D eigenvalue weighted by Crippen LogP contribution is 2.41. The van der Waals surface area contributed by atoms with Gasteiger partial charge in [-0.15, -0.1) is 10.2 Å². The van der Waals surface area contributed by atoms with Crippen LogP contribution >= 0.6 is 23.4 Å². The first-order chi connectivity index (χ1) is 13.5. The number of amides is 1. The van der Waals surface area contributed by atoms with Gasteiger partial charge in [-0.2, -0.15) is 0 Å². The quantitative estimate of drug-likeness (QED) is 0.571. The third-order valence-corrected chi connectivity index (χ3v) is 5.73. The van der Waals surface area contributed by atoms with Crippen molar-refractivity contribution >= 4 is 35.0 Å². The summed E-state index contributed by atoms with van der Waals surface area (Å²) in [5, 5.41) is 11.7. The highest BCUT2D eigenvalue weighted by Gasteiger charge is 2.32. The van der Waals surface area contributed by atoms with Crippen molar-refractivity contribution in [2.75, 3.05) is 5.32 Å². The number of halogens is 2. The van der Waals surface area contributed by atoms with Crippen molar-refractivity contribution in [3.05, 3.63) is 65.2 Å². The molecule has 1 amide bonds. The summed E-state index contributed by atoms with van der Waals surface area (Å²) in [4.78, 5) is 12.6. The molecule has 0 bridgehead atoms. The molecule has 0 saturated heterocycles. The van der Waals surface area contributed by atoms with Gasteiger partial charge in [0.2, 0.25) is 5.91 Å². The van der Waals surface area contributed by atoms with Gasteiger partial charge < -0.3 is 5.32 Å². The van der Waals surface area contributed by atoms with Crippen molar-refractivity contribution in [3.8, 4) is 5.69 Å². The van der Waals surface area contributed by atoms with Crippen molar-refractivity contribution in [2.45, 2.75) is 36.1 Å². The lowest BCUT2D eigenvalue weighted by Crippen LogP contribution is -2.23. The maximum absolute atomic E-state index is 14.0. The van der Waals surface area contributed by atoms with Crippen LogP contribution in [0.4, 0.5) is 10.1 Å². The minimum absolute atomic E-state index is 0.102. The number of anilines is 1. The molecule has 4 rings (SSSR count). The molecule has 0 spiro atoms. The van der Waals surface area contributed by atoms with E-state index in [2.05, 4.69) is 15.5 Å². The summed E-state index contributed by atoms with van der Waals surface area (Å²) in [5.41, 5.74) is 1.07. The molecule has 5 nitrogen and oxygen atoms in total. The first-order valence-corrected chi connectivity index (χ1v) is 10.2. The van der Waals surface area contributed by atoms with Crippen LogP contribution in [0, 0.1) is 5.82 Å². The molecular weight excluding hydrogens is 399 g/mol. The van der Waals surface area contributed by atoms with Gasteiger partial charge in [-0.05, 0) is 50.1 Å². The molecule has 144 valence electrons. The van der Waals surface area contributed by atoms with Crippen LogP contribution in [0.1, 0.15) is 31.5 Å². The summed E-state index contributed by atoms with van der Waals surface area (Å²) in [6.45, 7) is 1.76. The van der Waals surface area contributed by atoms with Crippen LogP contribution in [0.25, 0.3) is 5.69 Å². The number of nitrogens with one attached hydrogen (secondary N) is 1. The summed E-state index contributed by atoms with van der Waals surface area (Å²) in [7, 11) is 0. The average Bonchev–Trinajstić information content (AvgIpc) is 3.45. The van der Waals surface area contributed by atoms with Crippen LogP contribution in [-0.2, 0) is 4.79 Å². The Morgan fingerprint density at radius 1 is 1.25 bits per heavy atom. The van der Waals surface area contributed by atoms with Crippen molar-refractivity contribution in [1.29, 1.82) is 0 Å².